The number of rotatable bonds is 1. The average molecular weight is 326 g/mol. The lowest BCUT2D eigenvalue weighted by Gasteiger charge is -2.07. The van der Waals surface area contributed by atoms with Gasteiger partial charge in [-0.1, -0.05) is 11.6 Å². The van der Waals surface area contributed by atoms with Gasteiger partial charge in [0.15, 0.2) is 5.82 Å². The van der Waals surface area contributed by atoms with Gasteiger partial charge in [0.1, 0.15) is 5.52 Å². The van der Waals surface area contributed by atoms with Gasteiger partial charge in [-0.15, -0.1) is 0 Å². The summed E-state index contributed by atoms with van der Waals surface area (Å²) in [5.74, 6) is -0.409. The van der Waals surface area contributed by atoms with Gasteiger partial charge in [-0.25, -0.2) is 9.37 Å². The summed E-state index contributed by atoms with van der Waals surface area (Å²) in [6.07, 6.45) is 0. The van der Waals surface area contributed by atoms with Crippen molar-refractivity contribution in [2.24, 2.45) is 0 Å². The molecule has 0 fully saturated rings. The largest absolute Gasteiger partial charge is 0.480 e. The second-order valence-corrected chi connectivity index (χ2v) is 4.42. The zero-order valence-corrected chi connectivity index (χ0v) is 11.0. The molecule has 0 bridgehead atoms. The predicted octanol–water partition coefficient (Wildman–Crippen LogP) is 3.85. The normalized spacial score (nSPS) is 10.8. The molecule has 0 radical (unpaired) electrons. The maximum Gasteiger partial charge on any atom is 0.226 e. The van der Waals surface area contributed by atoms with Crippen molar-refractivity contribution in [3.8, 4) is 5.88 Å². The van der Waals surface area contributed by atoms with Crippen LogP contribution in [0.25, 0.3) is 10.9 Å². The van der Waals surface area contributed by atoms with Crippen LogP contribution in [0, 0.1) is 5.82 Å². The number of aromatic nitrogens is 2. The molecular weight excluding hydrogens is 322 g/mol. The lowest BCUT2D eigenvalue weighted by Crippen LogP contribution is -1.95. The molecule has 0 aliphatic carbocycles. The fraction of sp³-hybridized carbons (Fsp3) is 0.111. The van der Waals surface area contributed by atoms with Crippen molar-refractivity contribution >= 4 is 50.0 Å². The maximum atomic E-state index is 13.8. The summed E-state index contributed by atoms with van der Waals surface area (Å²) in [6.45, 7) is 0. The highest BCUT2D eigenvalue weighted by molar-refractivity contribution is 9.10. The van der Waals surface area contributed by atoms with Crippen LogP contribution >= 0.6 is 39.1 Å². The van der Waals surface area contributed by atoms with Crippen molar-refractivity contribution < 1.29 is 9.13 Å². The third kappa shape index (κ3) is 1.83. The van der Waals surface area contributed by atoms with E-state index in [0.717, 1.165) is 0 Å². The molecular formula is C9H4BrCl2FN2O. The Hall–Kier alpha value is -0.650. The number of ether oxygens (including phenoxy) is 1. The van der Waals surface area contributed by atoms with E-state index >= 15 is 0 Å². The lowest BCUT2D eigenvalue weighted by molar-refractivity contribution is 0.402. The average Bonchev–Trinajstić information content (AvgIpc) is 2.26. The first-order valence-corrected chi connectivity index (χ1v) is 5.64. The molecule has 0 atom stereocenters. The third-order valence-electron chi connectivity index (χ3n) is 1.96. The molecule has 0 aliphatic rings. The topological polar surface area (TPSA) is 35.0 Å². The van der Waals surface area contributed by atoms with Crippen molar-refractivity contribution in [2.45, 2.75) is 0 Å². The van der Waals surface area contributed by atoms with Crippen molar-refractivity contribution in [1.29, 1.82) is 0 Å². The number of fused-ring (bicyclic) bond motifs is 1. The summed E-state index contributed by atoms with van der Waals surface area (Å²) >= 11 is 14.5. The van der Waals surface area contributed by atoms with E-state index in [4.69, 9.17) is 27.9 Å². The monoisotopic (exact) mass is 324 g/mol. The Labute approximate surface area is 109 Å². The van der Waals surface area contributed by atoms with E-state index in [0.29, 0.717) is 5.39 Å². The Balaban J connectivity index is 2.94. The second-order valence-electron chi connectivity index (χ2n) is 2.88. The Morgan fingerprint density at radius 1 is 1.38 bits per heavy atom. The molecule has 0 saturated carbocycles. The molecule has 0 saturated heterocycles. The van der Waals surface area contributed by atoms with E-state index in [9.17, 15) is 4.39 Å². The summed E-state index contributed by atoms with van der Waals surface area (Å²) in [4.78, 5) is 7.62. The van der Waals surface area contributed by atoms with Gasteiger partial charge in [-0.2, -0.15) is 4.98 Å². The molecule has 0 unspecified atom stereocenters. The Morgan fingerprint density at radius 3 is 2.69 bits per heavy atom. The van der Waals surface area contributed by atoms with E-state index in [1.165, 1.54) is 13.2 Å². The van der Waals surface area contributed by atoms with Gasteiger partial charge in [-0.3, -0.25) is 0 Å². The van der Waals surface area contributed by atoms with Crippen LogP contribution in [0.4, 0.5) is 4.39 Å². The van der Waals surface area contributed by atoms with Crippen LogP contribution < -0.4 is 4.74 Å². The Bertz CT molecular complexity index is 579. The molecule has 2 aromatic rings. The van der Waals surface area contributed by atoms with E-state index in [-0.39, 0.29) is 26.2 Å². The summed E-state index contributed by atoms with van der Waals surface area (Å²) in [6, 6.07) is 1.51. The van der Waals surface area contributed by atoms with Crippen LogP contribution in [0.2, 0.25) is 10.3 Å². The maximum absolute atomic E-state index is 13.8. The first-order chi connectivity index (χ1) is 7.54. The zero-order chi connectivity index (χ0) is 11.9. The molecule has 1 aromatic heterocycles. The molecule has 0 N–H and O–H groups in total. The minimum atomic E-state index is -0.592. The van der Waals surface area contributed by atoms with Crippen LogP contribution in [0.1, 0.15) is 0 Å². The summed E-state index contributed by atoms with van der Waals surface area (Å²) in [7, 11) is 1.41. The van der Waals surface area contributed by atoms with Crippen molar-refractivity contribution in [1.82, 2.24) is 9.97 Å². The Morgan fingerprint density at radius 2 is 2.06 bits per heavy atom. The van der Waals surface area contributed by atoms with Crippen LogP contribution in [-0.4, -0.2) is 17.1 Å². The fourth-order valence-corrected chi connectivity index (χ4v) is 1.93. The first-order valence-electron chi connectivity index (χ1n) is 4.09. The third-order valence-corrected chi connectivity index (χ3v) is 3.43. The highest BCUT2D eigenvalue weighted by Crippen LogP contribution is 2.35. The van der Waals surface area contributed by atoms with Gasteiger partial charge >= 0.3 is 0 Å². The van der Waals surface area contributed by atoms with Crippen LogP contribution in [-0.2, 0) is 0 Å². The molecule has 0 amide bonds. The second kappa shape index (κ2) is 4.31. The molecule has 7 heteroatoms. The number of benzene rings is 1. The highest BCUT2D eigenvalue weighted by atomic mass is 79.9. The lowest BCUT2D eigenvalue weighted by atomic mass is 10.2. The standard InChI is InChI=1S/C9H4BrCl2FN2O/c1-16-8-3-2-4(11)5(10)6(13)7(3)14-9(12)15-8/h2H,1H3. The summed E-state index contributed by atoms with van der Waals surface area (Å²) < 4.78 is 18.9. The molecule has 16 heavy (non-hydrogen) atoms. The van der Waals surface area contributed by atoms with Crippen molar-refractivity contribution in [2.75, 3.05) is 7.11 Å². The molecule has 2 rings (SSSR count). The van der Waals surface area contributed by atoms with E-state index in [2.05, 4.69) is 25.9 Å². The summed E-state index contributed by atoms with van der Waals surface area (Å²) in [5, 5.41) is 0.504. The van der Waals surface area contributed by atoms with Crippen molar-refractivity contribution in [3.05, 3.63) is 26.7 Å². The first kappa shape index (κ1) is 11.8. The SMILES string of the molecule is COc1nc(Cl)nc2c(F)c(Br)c(Cl)cc12. The van der Waals surface area contributed by atoms with E-state index in [1.807, 2.05) is 0 Å². The quantitative estimate of drug-likeness (QED) is 0.590. The van der Waals surface area contributed by atoms with Gasteiger partial charge in [0, 0.05) is 0 Å². The number of halogens is 4. The minimum Gasteiger partial charge on any atom is -0.480 e. The molecule has 84 valence electrons. The van der Waals surface area contributed by atoms with Crippen molar-refractivity contribution in [3.63, 3.8) is 0 Å². The van der Waals surface area contributed by atoms with Gasteiger partial charge in [-0.05, 0) is 33.6 Å². The fourth-order valence-electron chi connectivity index (χ4n) is 1.27. The molecule has 1 aromatic carbocycles. The predicted molar refractivity (Wildman–Crippen MR) is 63.8 cm³/mol. The van der Waals surface area contributed by atoms with Gasteiger partial charge in [0.05, 0.1) is 22.0 Å². The Kier molecular flexibility index (Phi) is 3.19. The zero-order valence-electron chi connectivity index (χ0n) is 7.89. The van der Waals surface area contributed by atoms with E-state index in [1.54, 1.807) is 0 Å². The number of hydrogen-bond acceptors (Lipinski definition) is 3. The summed E-state index contributed by atoms with van der Waals surface area (Å²) in [5.41, 5.74) is 0.0631. The molecule has 0 aliphatic heterocycles. The van der Waals surface area contributed by atoms with E-state index < -0.39 is 5.82 Å². The van der Waals surface area contributed by atoms with Gasteiger partial charge in [0.25, 0.3) is 0 Å². The van der Waals surface area contributed by atoms with Gasteiger partial charge < -0.3 is 4.74 Å². The highest BCUT2D eigenvalue weighted by Gasteiger charge is 2.16. The van der Waals surface area contributed by atoms with Gasteiger partial charge in [0.2, 0.25) is 11.2 Å². The van der Waals surface area contributed by atoms with Crippen LogP contribution in [0.15, 0.2) is 10.5 Å². The molecule has 3 nitrogen and oxygen atoms in total. The smallest absolute Gasteiger partial charge is 0.226 e. The number of nitrogens with zero attached hydrogens (tertiary/aromatic N) is 2. The van der Waals surface area contributed by atoms with Crippen LogP contribution in [0.5, 0.6) is 5.88 Å². The molecule has 0 spiro atoms. The molecule has 1 heterocycles. The number of methoxy groups -OCH3 is 1. The van der Waals surface area contributed by atoms with Crippen LogP contribution in [0.3, 0.4) is 0 Å². The number of hydrogen-bond donors (Lipinski definition) is 0. The minimum absolute atomic E-state index is 0.0631.